The first kappa shape index (κ1) is 27.7. The molecule has 8 nitrogen and oxygen atoms in total. The van der Waals surface area contributed by atoms with Crippen LogP contribution in [0.2, 0.25) is 0 Å². The highest BCUT2D eigenvalue weighted by molar-refractivity contribution is 9.10. The number of benzene rings is 3. The van der Waals surface area contributed by atoms with Gasteiger partial charge in [0.25, 0.3) is 11.6 Å². The average Bonchev–Trinajstić information content (AvgIpc) is 3.18. The average molecular weight is 612 g/mol. The number of carbonyl (C=O) groups excluding carboxylic acids is 1. The number of amides is 1. The first-order valence-corrected chi connectivity index (χ1v) is 11.6. The van der Waals surface area contributed by atoms with E-state index in [4.69, 9.17) is 9.47 Å². The molecule has 1 heterocycles. The lowest BCUT2D eigenvalue weighted by molar-refractivity contribution is -0.384. The van der Waals surface area contributed by atoms with Crippen molar-refractivity contribution in [2.24, 2.45) is 5.10 Å². The van der Waals surface area contributed by atoms with E-state index in [1.54, 1.807) is 6.07 Å². The van der Waals surface area contributed by atoms with E-state index in [0.29, 0.717) is 10.0 Å². The molecular weight excluding hydrogens is 597 g/mol. The molecule has 0 N–H and O–H groups in total. The van der Waals surface area contributed by atoms with E-state index in [2.05, 4.69) is 21.0 Å². The van der Waals surface area contributed by atoms with Crippen molar-refractivity contribution >= 4 is 45.0 Å². The fraction of sp³-hybridized carbons (Fsp3) is 0.120. The maximum atomic E-state index is 14.4. The van der Waals surface area contributed by atoms with Gasteiger partial charge in [0, 0.05) is 22.2 Å². The van der Waals surface area contributed by atoms with Crippen LogP contribution in [0, 0.1) is 39.2 Å². The Morgan fingerprint density at radius 1 is 1.03 bits per heavy atom. The largest absolute Gasteiger partial charge is 0.493 e. The summed E-state index contributed by atoms with van der Waals surface area (Å²) in [5.41, 5.74) is -1.13. The summed E-state index contributed by atoms with van der Waals surface area (Å²) in [7, 11) is 1.36. The summed E-state index contributed by atoms with van der Waals surface area (Å²) in [5, 5.41) is 14.7. The van der Waals surface area contributed by atoms with Gasteiger partial charge in [0.2, 0.25) is 5.82 Å². The minimum Gasteiger partial charge on any atom is -0.493 e. The van der Waals surface area contributed by atoms with Crippen LogP contribution in [-0.4, -0.2) is 23.7 Å². The van der Waals surface area contributed by atoms with Crippen molar-refractivity contribution in [2.45, 2.75) is 13.5 Å². The van der Waals surface area contributed by atoms with Crippen molar-refractivity contribution in [3.8, 4) is 11.5 Å². The molecule has 3 aromatic rings. The molecule has 39 heavy (non-hydrogen) atoms. The minimum atomic E-state index is -2.37. The van der Waals surface area contributed by atoms with Gasteiger partial charge in [-0.1, -0.05) is 15.9 Å². The molecule has 1 amide bonds. The Morgan fingerprint density at radius 2 is 1.62 bits per heavy atom. The predicted octanol–water partition coefficient (Wildman–Crippen LogP) is 6.45. The molecule has 0 fully saturated rings. The summed E-state index contributed by atoms with van der Waals surface area (Å²) in [6.07, 6.45) is 1.26. The first-order valence-electron chi connectivity index (χ1n) is 10.8. The van der Waals surface area contributed by atoms with Crippen molar-refractivity contribution in [2.75, 3.05) is 12.1 Å². The van der Waals surface area contributed by atoms with Crippen molar-refractivity contribution in [3.63, 3.8) is 0 Å². The second-order valence-corrected chi connectivity index (χ2v) is 8.93. The van der Waals surface area contributed by atoms with Crippen LogP contribution in [0.3, 0.4) is 0 Å². The number of anilines is 1. The van der Waals surface area contributed by atoms with Crippen molar-refractivity contribution < 1.29 is 41.1 Å². The predicted molar refractivity (Wildman–Crippen MR) is 133 cm³/mol. The molecule has 0 unspecified atom stereocenters. The molecule has 3 aromatic carbocycles. The molecule has 0 spiro atoms. The summed E-state index contributed by atoms with van der Waals surface area (Å²) in [4.78, 5) is 23.4. The number of ether oxygens (including phenoxy) is 2. The molecule has 1 aliphatic heterocycles. The van der Waals surface area contributed by atoms with Gasteiger partial charge in [-0.15, -0.1) is 0 Å². The van der Waals surface area contributed by atoms with Crippen LogP contribution in [0.1, 0.15) is 18.1 Å². The Hall–Kier alpha value is -4.33. The second kappa shape index (κ2) is 10.8. The minimum absolute atomic E-state index is 0.0656. The van der Waals surface area contributed by atoms with E-state index in [0.717, 1.165) is 0 Å². The lowest BCUT2D eigenvalue weighted by Crippen LogP contribution is -2.25. The third-order valence-electron chi connectivity index (χ3n) is 5.56. The maximum absolute atomic E-state index is 14.4. The highest BCUT2D eigenvalue weighted by Gasteiger charge is 2.37. The number of rotatable bonds is 7. The van der Waals surface area contributed by atoms with E-state index in [1.807, 2.05) is 0 Å². The van der Waals surface area contributed by atoms with E-state index in [-0.39, 0.29) is 45.7 Å². The summed E-state index contributed by atoms with van der Waals surface area (Å²) >= 11 is 3.30. The summed E-state index contributed by atoms with van der Waals surface area (Å²) in [5.74, 6) is -12.1. The van der Waals surface area contributed by atoms with E-state index in [9.17, 15) is 36.9 Å². The number of hydrogen-bond donors (Lipinski definition) is 0. The SMILES string of the molecule is COc1cc(Br)cc(/C=C2\C(=O)N(c3c(F)c(F)c(F)c(F)c3F)N=C2C)c1OCc1ccc([N+](=O)[O-])cc1. The lowest BCUT2D eigenvalue weighted by atomic mass is 10.1. The lowest BCUT2D eigenvalue weighted by Gasteiger charge is -2.16. The molecule has 202 valence electrons. The summed E-state index contributed by atoms with van der Waals surface area (Å²) in [6, 6.07) is 8.66. The Morgan fingerprint density at radius 3 is 2.18 bits per heavy atom. The van der Waals surface area contributed by atoms with E-state index in [1.165, 1.54) is 50.4 Å². The molecule has 0 saturated heterocycles. The number of hydrogen-bond acceptors (Lipinski definition) is 6. The Labute approximate surface area is 225 Å². The number of non-ortho nitro benzene ring substituents is 1. The zero-order valence-electron chi connectivity index (χ0n) is 19.9. The molecule has 0 saturated carbocycles. The number of halogens is 6. The monoisotopic (exact) mass is 611 g/mol. The fourth-order valence-electron chi connectivity index (χ4n) is 3.64. The van der Waals surface area contributed by atoms with Crippen molar-refractivity contribution in [3.05, 3.63) is 96.8 Å². The van der Waals surface area contributed by atoms with Gasteiger partial charge in [0.05, 0.1) is 23.3 Å². The Balaban J connectivity index is 1.72. The quantitative estimate of drug-likeness (QED) is 0.0764. The van der Waals surface area contributed by atoms with Gasteiger partial charge < -0.3 is 9.47 Å². The Bertz CT molecular complexity index is 1550. The van der Waals surface area contributed by atoms with Crippen molar-refractivity contribution in [1.82, 2.24) is 0 Å². The third kappa shape index (κ3) is 5.19. The number of nitro benzene ring substituents is 1. The van der Waals surface area contributed by atoms with Gasteiger partial charge in [-0.2, -0.15) is 10.1 Å². The van der Waals surface area contributed by atoms with Gasteiger partial charge in [-0.05, 0) is 42.8 Å². The molecule has 0 atom stereocenters. The molecule has 14 heteroatoms. The van der Waals surface area contributed by atoms with Gasteiger partial charge in [0.15, 0.2) is 34.8 Å². The summed E-state index contributed by atoms with van der Waals surface area (Å²) in [6.45, 7) is 1.24. The number of nitrogens with zero attached hydrogens (tertiary/aromatic N) is 3. The highest BCUT2D eigenvalue weighted by Crippen LogP contribution is 2.39. The third-order valence-corrected chi connectivity index (χ3v) is 6.02. The molecule has 0 bridgehead atoms. The van der Waals surface area contributed by atoms with Crippen LogP contribution in [-0.2, 0) is 11.4 Å². The maximum Gasteiger partial charge on any atom is 0.280 e. The molecule has 0 aliphatic carbocycles. The smallest absolute Gasteiger partial charge is 0.280 e. The van der Waals surface area contributed by atoms with Crippen LogP contribution >= 0.6 is 15.9 Å². The van der Waals surface area contributed by atoms with Gasteiger partial charge in [0.1, 0.15) is 12.3 Å². The standard InChI is InChI=1S/C25H15BrF5N3O5/c1-11-16(25(35)33(32-11)23-21(30)19(28)18(27)20(29)22(23)31)8-13-7-14(26)9-17(38-2)24(13)39-10-12-3-5-15(6-4-12)34(36)37/h3-9H,10H2,1-2H3/b16-8-. The molecular formula is C25H15BrF5N3O5. The first-order chi connectivity index (χ1) is 18.4. The van der Waals surface area contributed by atoms with Crippen LogP contribution in [0.5, 0.6) is 11.5 Å². The zero-order valence-corrected chi connectivity index (χ0v) is 21.5. The van der Waals surface area contributed by atoms with Gasteiger partial charge >= 0.3 is 0 Å². The van der Waals surface area contributed by atoms with Crippen LogP contribution in [0.15, 0.2) is 51.5 Å². The molecule has 0 aromatic heterocycles. The van der Waals surface area contributed by atoms with Crippen molar-refractivity contribution in [1.29, 1.82) is 0 Å². The number of methoxy groups -OCH3 is 1. The topological polar surface area (TPSA) is 94.3 Å². The second-order valence-electron chi connectivity index (χ2n) is 8.02. The van der Waals surface area contributed by atoms with Crippen LogP contribution in [0.4, 0.5) is 33.3 Å². The Kier molecular flexibility index (Phi) is 7.67. The zero-order chi connectivity index (χ0) is 28.6. The highest BCUT2D eigenvalue weighted by atomic mass is 79.9. The fourth-order valence-corrected chi connectivity index (χ4v) is 4.10. The van der Waals surface area contributed by atoms with E-state index < -0.39 is 45.6 Å². The van der Waals surface area contributed by atoms with E-state index >= 15 is 0 Å². The number of hydrazone groups is 1. The number of nitro groups is 1. The molecule has 4 rings (SSSR count). The normalized spacial score (nSPS) is 14.2. The van der Waals surface area contributed by atoms with Gasteiger partial charge in [-0.25, -0.2) is 22.0 Å². The van der Waals surface area contributed by atoms with Crippen LogP contribution in [0.25, 0.3) is 6.08 Å². The van der Waals surface area contributed by atoms with Crippen LogP contribution < -0.4 is 14.5 Å². The van der Waals surface area contributed by atoms with Gasteiger partial charge in [-0.3, -0.25) is 14.9 Å². The summed E-state index contributed by atoms with van der Waals surface area (Å²) < 4.78 is 81.5. The molecule has 0 radical (unpaired) electrons. The number of carbonyl (C=O) groups is 1. The molecule has 1 aliphatic rings.